The maximum atomic E-state index is 11.9. The first-order chi connectivity index (χ1) is 42.3. The van der Waals surface area contributed by atoms with Crippen molar-refractivity contribution in [2.45, 2.75) is 375 Å². The van der Waals surface area contributed by atoms with Crippen LogP contribution in [0.4, 0.5) is 0 Å². The molecule has 3 atom stereocenters. The molecule has 0 aliphatic rings. The monoisotopic (exact) mass is 1290 g/mol. The van der Waals surface area contributed by atoms with E-state index in [9.17, 15) is 29.7 Å². The van der Waals surface area contributed by atoms with E-state index in [1.807, 2.05) is 0 Å². The number of hydrogen-bond donors (Lipinski definition) is 7. The molecule has 7 N–H and O–H groups in total. The minimum Gasteiger partial charge on any atom is -0.469 e. The molecule has 0 aromatic carbocycles. The first-order valence-corrected chi connectivity index (χ1v) is 36.2. The second-order valence-corrected chi connectivity index (χ2v) is 23.2. The first-order valence-electron chi connectivity index (χ1n) is 36.2. The van der Waals surface area contributed by atoms with Gasteiger partial charge in [-0.1, -0.05) is 245 Å². The van der Waals surface area contributed by atoms with E-state index in [-0.39, 0.29) is 57.9 Å². The Kier molecular flexibility index (Phi) is 109. The van der Waals surface area contributed by atoms with Crippen molar-refractivity contribution < 1.29 is 86.1 Å². The van der Waals surface area contributed by atoms with E-state index in [0.717, 1.165) is 205 Å². The smallest absolute Gasteiger partial charge is 0.305 e. The van der Waals surface area contributed by atoms with Gasteiger partial charge in [0.25, 0.3) is 0 Å². The molecule has 0 amide bonds. The van der Waals surface area contributed by atoms with Gasteiger partial charge in [0.2, 0.25) is 0 Å². The summed E-state index contributed by atoms with van der Waals surface area (Å²) in [5.41, 5.74) is 0. The summed E-state index contributed by atoms with van der Waals surface area (Å²) >= 11 is 0. The van der Waals surface area contributed by atoms with Crippen molar-refractivity contribution in [3.05, 3.63) is 36.5 Å². The number of aliphatic hydroxyl groups excluding tert-OH is 7. The topological polar surface area (TPSA) is 221 Å². The van der Waals surface area contributed by atoms with Gasteiger partial charge >= 0.3 is 17.9 Å². The van der Waals surface area contributed by atoms with Crippen LogP contribution in [0.15, 0.2) is 36.5 Å². The number of carbonyl (C=O) groups excluding carboxylic acids is 3. The van der Waals surface area contributed by atoms with Crippen molar-refractivity contribution in [2.75, 3.05) is 46.8 Å². The van der Waals surface area contributed by atoms with Crippen LogP contribution in [0.25, 0.3) is 0 Å². The van der Waals surface area contributed by atoms with E-state index < -0.39 is 0 Å². The van der Waals surface area contributed by atoms with Gasteiger partial charge in [-0.25, -0.2) is 0 Å². The quantitative estimate of drug-likeness (QED) is 0.00992. The van der Waals surface area contributed by atoms with Gasteiger partial charge in [-0.05, 0) is 122 Å². The molecule has 0 radical (unpaired) electrons. The van der Waals surface area contributed by atoms with Crippen molar-refractivity contribution >= 4 is 17.9 Å². The fourth-order valence-corrected chi connectivity index (χ4v) is 8.38. The molecule has 0 aliphatic carbocycles. The number of esters is 3. The van der Waals surface area contributed by atoms with Crippen LogP contribution in [-0.4, -0.2) is 119 Å². The SMILES string of the molecule is CCCCCCC(O)C/C=C\CCCCCCCC(=O)OC.CCCCCCC(O)C/C=C\CCCCCCCC(=O)OCCCOC(=O)CCCCCCC/C=C\CC(O)CCCCCC.CCCCO.CCCCO.CCCCO.CCCCO.[Ti]. The van der Waals surface area contributed by atoms with Crippen LogP contribution in [0, 0.1) is 0 Å². The summed E-state index contributed by atoms with van der Waals surface area (Å²) < 4.78 is 15.2. The van der Waals surface area contributed by atoms with Gasteiger partial charge in [0, 0.05) is 73.8 Å². The predicted octanol–water partition coefficient (Wildman–Crippen LogP) is 18.8. The average molecular weight is 1290 g/mol. The van der Waals surface area contributed by atoms with Crippen molar-refractivity contribution in [3.63, 3.8) is 0 Å². The zero-order chi connectivity index (χ0) is 66.0. The van der Waals surface area contributed by atoms with Gasteiger partial charge in [-0.2, -0.15) is 0 Å². The van der Waals surface area contributed by atoms with E-state index >= 15 is 0 Å². The molecule has 13 nitrogen and oxygen atoms in total. The summed E-state index contributed by atoms with van der Waals surface area (Å²) in [6.07, 6.45) is 61.7. The third-order valence-corrected chi connectivity index (χ3v) is 14.2. The molecule has 0 aromatic heterocycles. The van der Waals surface area contributed by atoms with Crippen molar-refractivity contribution in [1.82, 2.24) is 0 Å². The molecule has 3 unspecified atom stereocenters. The Labute approximate surface area is 559 Å². The van der Waals surface area contributed by atoms with Gasteiger partial charge in [0.15, 0.2) is 0 Å². The number of hydrogen-bond acceptors (Lipinski definition) is 13. The van der Waals surface area contributed by atoms with Crippen LogP contribution in [0.1, 0.15) is 357 Å². The Morgan fingerprint density at radius 3 is 0.784 bits per heavy atom. The minimum absolute atomic E-state index is 0. The molecule has 0 saturated carbocycles. The zero-order valence-electron chi connectivity index (χ0n) is 59.0. The standard InChI is InChI=1S/C39H72O6.C19H36O3.4C4H10O.Ti/c1-3-5-7-21-28-36(40)30-23-17-13-9-11-15-19-25-32-38(42)44-34-27-35-45-39(43)33-26-20-16-12-10-14-18-24-31-37(41)29-22-8-6-4-2;1-3-4-5-12-15-18(20)16-13-10-8-6-7-9-11-14-17-19(21)22-2;4*1-2-3-4-5;/h17-18,23-24,36-37,40-41H,3-16,19-22,25-35H2,1-2H3;10,13,18,20H,3-9,11-12,14-17H2,1-2H3;4*5H,2-4H2,1H3;/b23-17-,24-18-;13-10-;;;;;. The summed E-state index contributed by atoms with van der Waals surface area (Å²) in [6, 6.07) is 0. The number of rotatable bonds is 57. The molecule has 526 valence electrons. The molecular weight excluding hydrogens is 1140 g/mol. The average Bonchev–Trinajstić information content (AvgIpc) is 3.51. The van der Waals surface area contributed by atoms with Crippen LogP contribution >= 0.6 is 0 Å². The van der Waals surface area contributed by atoms with E-state index in [2.05, 4.69) is 89.7 Å². The van der Waals surface area contributed by atoms with Gasteiger partial charge in [-0.15, -0.1) is 0 Å². The molecule has 88 heavy (non-hydrogen) atoms. The van der Waals surface area contributed by atoms with Crippen LogP contribution in [0.5, 0.6) is 0 Å². The van der Waals surface area contributed by atoms with E-state index in [4.69, 9.17) is 29.9 Å². The summed E-state index contributed by atoms with van der Waals surface area (Å²) in [5.74, 6) is -0.428. The molecule has 0 fully saturated rings. The second kappa shape index (κ2) is 96.2. The Balaban J connectivity index is -0.000000249. The van der Waals surface area contributed by atoms with Crippen LogP contribution in [0.3, 0.4) is 0 Å². The Morgan fingerprint density at radius 2 is 0.545 bits per heavy atom. The summed E-state index contributed by atoms with van der Waals surface area (Å²) in [4.78, 5) is 34.7. The predicted molar refractivity (Wildman–Crippen MR) is 369 cm³/mol. The first kappa shape index (κ1) is 99.6. The number of ether oxygens (including phenoxy) is 3. The van der Waals surface area contributed by atoms with Crippen molar-refractivity contribution in [3.8, 4) is 0 Å². The summed E-state index contributed by atoms with van der Waals surface area (Å²) in [6.45, 7) is 16.8. The molecular formula is C74H148O13Ti. The van der Waals surface area contributed by atoms with E-state index in [0.29, 0.717) is 65.3 Å². The van der Waals surface area contributed by atoms with E-state index in [1.165, 1.54) is 84.2 Å². The third kappa shape index (κ3) is 109. The number of allylic oxidation sites excluding steroid dienone is 3. The molecule has 0 saturated heterocycles. The number of methoxy groups -OCH3 is 1. The largest absolute Gasteiger partial charge is 0.469 e. The fraction of sp³-hybridized carbons (Fsp3) is 0.878. The number of aliphatic hydroxyl groups is 7. The summed E-state index contributed by atoms with van der Waals surface area (Å²) in [7, 11) is 1.44. The van der Waals surface area contributed by atoms with Gasteiger partial charge < -0.3 is 50.0 Å². The van der Waals surface area contributed by atoms with Crippen molar-refractivity contribution in [2.24, 2.45) is 0 Å². The molecule has 0 rings (SSSR count). The van der Waals surface area contributed by atoms with Crippen LogP contribution in [0.2, 0.25) is 0 Å². The van der Waals surface area contributed by atoms with Crippen LogP contribution < -0.4 is 0 Å². The fourth-order valence-electron chi connectivity index (χ4n) is 8.38. The van der Waals surface area contributed by atoms with Crippen LogP contribution in [-0.2, 0) is 50.3 Å². The Morgan fingerprint density at radius 1 is 0.307 bits per heavy atom. The maximum absolute atomic E-state index is 11.9. The molecule has 14 heteroatoms. The zero-order valence-corrected chi connectivity index (χ0v) is 60.5. The third-order valence-electron chi connectivity index (χ3n) is 14.2. The molecule has 0 heterocycles. The van der Waals surface area contributed by atoms with Crippen molar-refractivity contribution in [1.29, 1.82) is 0 Å². The Bertz CT molecular complexity index is 1260. The minimum atomic E-state index is -0.195. The molecule has 0 spiro atoms. The normalized spacial score (nSPS) is 11.8. The molecule has 0 aliphatic heterocycles. The second-order valence-electron chi connectivity index (χ2n) is 23.2. The Hall–Kier alpha value is -1.94. The van der Waals surface area contributed by atoms with Gasteiger partial charge in [0.1, 0.15) is 0 Å². The number of carbonyl (C=O) groups is 3. The molecule has 0 bridgehead atoms. The van der Waals surface area contributed by atoms with E-state index in [1.54, 1.807) is 0 Å². The maximum Gasteiger partial charge on any atom is 0.305 e. The number of unbranched alkanes of at least 4 members (excludes halogenated alkanes) is 28. The van der Waals surface area contributed by atoms with Gasteiger partial charge in [-0.3, -0.25) is 14.4 Å². The summed E-state index contributed by atoms with van der Waals surface area (Å²) in [5, 5.41) is 62.1. The molecule has 0 aromatic rings. The van der Waals surface area contributed by atoms with Gasteiger partial charge in [0.05, 0.1) is 38.6 Å².